The highest BCUT2D eigenvalue weighted by atomic mass is 16.4. The molecule has 0 spiro atoms. The minimum atomic E-state index is -0.691. The number of aliphatic hydroxyl groups is 1. The highest BCUT2D eigenvalue weighted by Gasteiger charge is 2.01. The fraction of sp³-hybridized carbons (Fsp3) is 0.842. The Hall–Kier alpha value is -0.830. The summed E-state index contributed by atoms with van der Waals surface area (Å²) in [7, 11) is 0. The average molecular weight is 312 g/mol. The first-order valence-corrected chi connectivity index (χ1v) is 9.21. The summed E-state index contributed by atoms with van der Waals surface area (Å²) < 4.78 is 0. The van der Waals surface area contributed by atoms with Crippen LogP contribution in [0.1, 0.15) is 96.8 Å². The van der Waals surface area contributed by atoms with Crippen molar-refractivity contribution in [3.8, 4) is 0 Å². The molecule has 0 heterocycles. The van der Waals surface area contributed by atoms with Crippen molar-refractivity contribution in [2.45, 2.75) is 103 Å². The number of aliphatic hydroxyl groups excluding tert-OH is 1. The van der Waals surface area contributed by atoms with E-state index in [9.17, 15) is 9.90 Å². The lowest BCUT2D eigenvalue weighted by molar-refractivity contribution is -0.137. The molecule has 1 atom stereocenters. The van der Waals surface area contributed by atoms with Crippen LogP contribution in [-0.2, 0) is 4.79 Å². The Kier molecular flexibility index (Phi) is 15.9. The molecule has 0 saturated carbocycles. The summed E-state index contributed by atoms with van der Waals surface area (Å²) in [4.78, 5) is 10.3. The van der Waals surface area contributed by atoms with Crippen LogP contribution in [-0.4, -0.2) is 22.3 Å². The van der Waals surface area contributed by atoms with Gasteiger partial charge in [0.15, 0.2) is 0 Å². The SMILES string of the molecule is CCCC(O)CCCCCCCCC=CCCCCC(=O)O. The summed E-state index contributed by atoms with van der Waals surface area (Å²) in [6.07, 6.45) is 19.1. The number of carboxylic acids is 1. The van der Waals surface area contributed by atoms with Crippen molar-refractivity contribution in [2.75, 3.05) is 0 Å². The van der Waals surface area contributed by atoms with Crippen molar-refractivity contribution in [3.05, 3.63) is 12.2 Å². The second-order valence-corrected chi connectivity index (χ2v) is 6.25. The van der Waals surface area contributed by atoms with Crippen molar-refractivity contribution in [1.29, 1.82) is 0 Å². The van der Waals surface area contributed by atoms with Gasteiger partial charge in [-0.25, -0.2) is 0 Å². The maximum atomic E-state index is 10.3. The molecule has 3 nitrogen and oxygen atoms in total. The lowest BCUT2D eigenvalue weighted by atomic mass is 10.0. The molecule has 0 aliphatic rings. The Bertz CT molecular complexity index is 274. The van der Waals surface area contributed by atoms with Gasteiger partial charge >= 0.3 is 5.97 Å². The largest absolute Gasteiger partial charge is 0.481 e. The van der Waals surface area contributed by atoms with Crippen LogP contribution in [0.15, 0.2) is 12.2 Å². The molecule has 0 fully saturated rings. The van der Waals surface area contributed by atoms with Crippen LogP contribution >= 0.6 is 0 Å². The molecular formula is C19H36O3. The van der Waals surface area contributed by atoms with Crippen LogP contribution < -0.4 is 0 Å². The van der Waals surface area contributed by atoms with E-state index in [4.69, 9.17) is 5.11 Å². The van der Waals surface area contributed by atoms with Crippen molar-refractivity contribution < 1.29 is 15.0 Å². The van der Waals surface area contributed by atoms with E-state index in [-0.39, 0.29) is 6.10 Å². The Morgan fingerprint density at radius 1 is 0.864 bits per heavy atom. The highest BCUT2D eigenvalue weighted by molar-refractivity contribution is 5.66. The molecule has 3 heteroatoms. The predicted molar refractivity (Wildman–Crippen MR) is 93.1 cm³/mol. The maximum absolute atomic E-state index is 10.3. The van der Waals surface area contributed by atoms with Gasteiger partial charge in [0.1, 0.15) is 0 Å². The topological polar surface area (TPSA) is 57.5 Å². The molecule has 0 amide bonds. The zero-order valence-corrected chi connectivity index (χ0v) is 14.4. The minimum absolute atomic E-state index is 0.0781. The van der Waals surface area contributed by atoms with Gasteiger partial charge in [0.2, 0.25) is 0 Å². The number of allylic oxidation sites excluding steroid dienone is 2. The molecule has 0 aromatic heterocycles. The second kappa shape index (κ2) is 16.5. The van der Waals surface area contributed by atoms with Crippen LogP contribution in [0.3, 0.4) is 0 Å². The fourth-order valence-corrected chi connectivity index (χ4v) is 2.60. The van der Waals surface area contributed by atoms with E-state index in [0.29, 0.717) is 6.42 Å². The summed E-state index contributed by atoms with van der Waals surface area (Å²) in [5.74, 6) is -0.691. The van der Waals surface area contributed by atoms with Gasteiger partial charge in [-0.2, -0.15) is 0 Å². The molecule has 0 aromatic rings. The quantitative estimate of drug-likeness (QED) is 0.293. The zero-order valence-electron chi connectivity index (χ0n) is 14.4. The molecular weight excluding hydrogens is 276 g/mol. The van der Waals surface area contributed by atoms with Gasteiger partial charge in [0.25, 0.3) is 0 Å². The number of hydrogen-bond donors (Lipinski definition) is 2. The van der Waals surface area contributed by atoms with E-state index in [0.717, 1.165) is 51.4 Å². The van der Waals surface area contributed by atoms with Gasteiger partial charge in [0.05, 0.1) is 6.10 Å². The number of rotatable bonds is 16. The van der Waals surface area contributed by atoms with Crippen LogP contribution in [0.4, 0.5) is 0 Å². The smallest absolute Gasteiger partial charge is 0.303 e. The molecule has 2 N–H and O–H groups in total. The standard InChI is InChI=1S/C19H36O3/c1-2-15-18(20)16-13-11-9-7-5-3-4-6-8-10-12-14-17-19(21)22/h6,8,18,20H,2-5,7,9-17H2,1H3,(H,21,22). The van der Waals surface area contributed by atoms with Crippen molar-refractivity contribution >= 4 is 5.97 Å². The number of hydrogen-bond acceptors (Lipinski definition) is 2. The first-order valence-electron chi connectivity index (χ1n) is 9.21. The molecule has 0 bridgehead atoms. The molecule has 22 heavy (non-hydrogen) atoms. The normalized spacial score (nSPS) is 12.8. The predicted octanol–water partition coefficient (Wildman–Crippen LogP) is 5.47. The Labute approximate surface area is 136 Å². The van der Waals surface area contributed by atoms with E-state index in [1.807, 2.05) is 0 Å². The van der Waals surface area contributed by atoms with Crippen molar-refractivity contribution in [1.82, 2.24) is 0 Å². The van der Waals surface area contributed by atoms with Gasteiger partial charge in [-0.15, -0.1) is 0 Å². The monoisotopic (exact) mass is 312 g/mol. The van der Waals surface area contributed by atoms with Crippen LogP contribution in [0.5, 0.6) is 0 Å². The van der Waals surface area contributed by atoms with Gasteiger partial charge < -0.3 is 10.2 Å². The lowest BCUT2D eigenvalue weighted by Gasteiger charge is -2.08. The number of carbonyl (C=O) groups is 1. The molecule has 0 aliphatic heterocycles. The van der Waals surface area contributed by atoms with Crippen LogP contribution in [0, 0.1) is 0 Å². The first-order chi connectivity index (χ1) is 10.7. The zero-order chi connectivity index (χ0) is 16.5. The first kappa shape index (κ1) is 21.2. The van der Waals surface area contributed by atoms with E-state index in [2.05, 4.69) is 19.1 Å². The summed E-state index contributed by atoms with van der Waals surface area (Å²) >= 11 is 0. The van der Waals surface area contributed by atoms with Gasteiger partial charge in [0, 0.05) is 6.42 Å². The summed E-state index contributed by atoms with van der Waals surface area (Å²) in [6, 6.07) is 0. The van der Waals surface area contributed by atoms with Crippen molar-refractivity contribution in [2.24, 2.45) is 0 Å². The average Bonchev–Trinajstić information content (AvgIpc) is 2.47. The summed E-state index contributed by atoms with van der Waals surface area (Å²) in [5, 5.41) is 18.1. The second-order valence-electron chi connectivity index (χ2n) is 6.25. The van der Waals surface area contributed by atoms with E-state index >= 15 is 0 Å². The highest BCUT2D eigenvalue weighted by Crippen LogP contribution is 2.12. The molecule has 0 saturated heterocycles. The Morgan fingerprint density at radius 2 is 1.41 bits per heavy atom. The molecule has 0 aliphatic carbocycles. The molecule has 0 aromatic carbocycles. The van der Waals surface area contributed by atoms with E-state index in [1.165, 1.54) is 32.1 Å². The maximum Gasteiger partial charge on any atom is 0.303 e. The third-order valence-corrected chi connectivity index (χ3v) is 3.96. The Morgan fingerprint density at radius 3 is 2.00 bits per heavy atom. The van der Waals surface area contributed by atoms with E-state index < -0.39 is 5.97 Å². The van der Waals surface area contributed by atoms with Gasteiger partial charge in [-0.05, 0) is 44.9 Å². The molecule has 0 rings (SSSR count). The molecule has 1 unspecified atom stereocenters. The summed E-state index contributed by atoms with van der Waals surface area (Å²) in [5.41, 5.74) is 0. The summed E-state index contributed by atoms with van der Waals surface area (Å²) in [6.45, 7) is 2.12. The molecule has 0 radical (unpaired) electrons. The number of unbranched alkanes of at least 4 members (excludes halogenated alkanes) is 8. The van der Waals surface area contributed by atoms with E-state index in [1.54, 1.807) is 0 Å². The van der Waals surface area contributed by atoms with Crippen molar-refractivity contribution in [3.63, 3.8) is 0 Å². The molecule has 130 valence electrons. The number of aliphatic carboxylic acids is 1. The van der Waals surface area contributed by atoms with Gasteiger partial charge in [-0.1, -0.05) is 57.6 Å². The Balaban J connectivity index is 3.15. The minimum Gasteiger partial charge on any atom is -0.481 e. The third-order valence-electron chi connectivity index (χ3n) is 3.96. The third kappa shape index (κ3) is 17.2. The van der Waals surface area contributed by atoms with Crippen LogP contribution in [0.2, 0.25) is 0 Å². The fourth-order valence-electron chi connectivity index (χ4n) is 2.60. The lowest BCUT2D eigenvalue weighted by Crippen LogP contribution is -2.04. The number of carboxylic acid groups (broad SMARTS) is 1. The van der Waals surface area contributed by atoms with Crippen LogP contribution in [0.25, 0.3) is 0 Å². The van der Waals surface area contributed by atoms with Gasteiger partial charge in [-0.3, -0.25) is 4.79 Å².